The van der Waals surface area contributed by atoms with E-state index in [2.05, 4.69) is 10.6 Å². The molecule has 1 aromatic rings. The van der Waals surface area contributed by atoms with Crippen LogP contribution in [0.2, 0.25) is 0 Å². The van der Waals surface area contributed by atoms with Gasteiger partial charge in [-0.2, -0.15) is 0 Å². The van der Waals surface area contributed by atoms with Crippen molar-refractivity contribution in [3.63, 3.8) is 0 Å². The Labute approximate surface area is 124 Å². The number of benzene rings is 1. The number of likely N-dealkylation sites (N-methyl/N-ethyl adjacent to an activating group) is 1. The van der Waals surface area contributed by atoms with Gasteiger partial charge in [0.2, 0.25) is 5.91 Å². The molecule has 2 N–H and O–H groups in total. The highest BCUT2D eigenvalue weighted by molar-refractivity contribution is 5.94. The zero-order chi connectivity index (χ0) is 15.2. The summed E-state index contributed by atoms with van der Waals surface area (Å²) in [6.45, 7) is 1.85. The zero-order valence-corrected chi connectivity index (χ0v) is 12.4. The van der Waals surface area contributed by atoms with E-state index in [0.29, 0.717) is 25.3 Å². The van der Waals surface area contributed by atoms with Gasteiger partial charge in [-0.1, -0.05) is 12.1 Å². The molecular weight excluding hydrogens is 270 g/mol. The van der Waals surface area contributed by atoms with Gasteiger partial charge in [-0.25, -0.2) is 0 Å². The summed E-state index contributed by atoms with van der Waals surface area (Å²) in [5.41, 5.74) is 1.62. The average Bonchev–Trinajstić information content (AvgIpc) is 2.50. The first-order valence-electron chi connectivity index (χ1n) is 6.98. The maximum Gasteiger partial charge on any atom is 0.254 e. The number of morpholine rings is 1. The van der Waals surface area contributed by atoms with Crippen molar-refractivity contribution in [2.24, 2.45) is 0 Å². The Hall–Kier alpha value is -1.92. The number of carbonyl (C=O) groups excluding carboxylic acids is 2. The summed E-state index contributed by atoms with van der Waals surface area (Å²) in [7, 11) is 3.46. The second-order valence-corrected chi connectivity index (χ2v) is 5.21. The van der Waals surface area contributed by atoms with Gasteiger partial charge in [-0.15, -0.1) is 0 Å². The first-order valence-corrected chi connectivity index (χ1v) is 6.98. The molecule has 1 aromatic carbocycles. The lowest BCUT2D eigenvalue weighted by Crippen LogP contribution is -2.45. The minimum absolute atomic E-state index is 0.0495. The smallest absolute Gasteiger partial charge is 0.254 e. The third-order valence-corrected chi connectivity index (χ3v) is 3.30. The van der Waals surface area contributed by atoms with E-state index in [1.165, 1.54) is 0 Å². The SMILES string of the molecule is CN(C)C(=O)Cc1ccc(NC(=O)C2CNCCO2)cc1. The van der Waals surface area contributed by atoms with Crippen molar-refractivity contribution in [2.75, 3.05) is 39.1 Å². The van der Waals surface area contributed by atoms with Gasteiger partial charge in [0.1, 0.15) is 6.10 Å². The van der Waals surface area contributed by atoms with Crippen LogP contribution in [0.25, 0.3) is 0 Å². The van der Waals surface area contributed by atoms with E-state index in [-0.39, 0.29) is 11.8 Å². The molecule has 0 aromatic heterocycles. The molecule has 21 heavy (non-hydrogen) atoms. The molecule has 2 amide bonds. The Balaban J connectivity index is 1.89. The van der Waals surface area contributed by atoms with Crippen LogP contribution in [0.4, 0.5) is 5.69 Å². The highest BCUT2D eigenvalue weighted by Gasteiger charge is 2.21. The van der Waals surface area contributed by atoms with Gasteiger partial charge in [-0.05, 0) is 17.7 Å². The first kappa shape index (κ1) is 15.5. The predicted octanol–water partition coefficient (Wildman–Crippen LogP) is 0.244. The Morgan fingerprint density at radius 1 is 1.33 bits per heavy atom. The highest BCUT2D eigenvalue weighted by Crippen LogP contribution is 2.12. The molecule has 1 aliphatic rings. The Kier molecular flexibility index (Phi) is 5.30. The third-order valence-electron chi connectivity index (χ3n) is 3.30. The summed E-state index contributed by atoms with van der Waals surface area (Å²) in [6, 6.07) is 7.28. The standard InChI is InChI=1S/C15H21N3O3/c1-18(2)14(19)9-11-3-5-12(6-4-11)17-15(20)13-10-16-7-8-21-13/h3-6,13,16H,7-10H2,1-2H3,(H,17,20). The molecule has 1 fully saturated rings. The van der Waals surface area contributed by atoms with E-state index in [1.807, 2.05) is 12.1 Å². The Morgan fingerprint density at radius 3 is 2.62 bits per heavy atom. The van der Waals surface area contributed by atoms with Crippen LogP contribution in [0, 0.1) is 0 Å². The number of nitrogens with one attached hydrogen (secondary N) is 2. The van der Waals surface area contributed by atoms with Gasteiger partial charge in [0, 0.05) is 32.9 Å². The summed E-state index contributed by atoms with van der Waals surface area (Å²) < 4.78 is 5.39. The number of hydrogen-bond donors (Lipinski definition) is 2. The van der Waals surface area contributed by atoms with Gasteiger partial charge in [0.25, 0.3) is 5.91 Å². The first-order chi connectivity index (χ1) is 10.1. The second kappa shape index (κ2) is 7.19. The van der Waals surface area contributed by atoms with E-state index in [1.54, 1.807) is 31.1 Å². The third kappa shape index (κ3) is 4.54. The minimum atomic E-state index is -0.450. The largest absolute Gasteiger partial charge is 0.366 e. The average molecular weight is 291 g/mol. The lowest BCUT2D eigenvalue weighted by atomic mass is 10.1. The summed E-state index contributed by atoms with van der Waals surface area (Å²) in [5.74, 6) is -0.104. The molecule has 1 heterocycles. The van der Waals surface area contributed by atoms with Gasteiger partial charge >= 0.3 is 0 Å². The predicted molar refractivity (Wildman–Crippen MR) is 80.1 cm³/mol. The molecule has 0 radical (unpaired) electrons. The normalized spacial score (nSPS) is 18.1. The molecule has 1 unspecified atom stereocenters. The summed E-state index contributed by atoms with van der Waals surface area (Å²) in [5, 5.41) is 5.93. The number of anilines is 1. The number of carbonyl (C=O) groups is 2. The van der Waals surface area contributed by atoms with Crippen molar-refractivity contribution >= 4 is 17.5 Å². The van der Waals surface area contributed by atoms with E-state index in [4.69, 9.17) is 4.74 Å². The summed E-state index contributed by atoms with van der Waals surface area (Å²) in [4.78, 5) is 25.2. The molecule has 6 heteroatoms. The molecule has 0 bridgehead atoms. The quantitative estimate of drug-likeness (QED) is 0.834. The van der Waals surface area contributed by atoms with Crippen LogP contribution >= 0.6 is 0 Å². The molecule has 0 aliphatic carbocycles. The molecule has 1 atom stereocenters. The zero-order valence-electron chi connectivity index (χ0n) is 12.4. The van der Waals surface area contributed by atoms with Crippen molar-refractivity contribution in [1.82, 2.24) is 10.2 Å². The topological polar surface area (TPSA) is 70.7 Å². The second-order valence-electron chi connectivity index (χ2n) is 5.21. The monoisotopic (exact) mass is 291 g/mol. The minimum Gasteiger partial charge on any atom is -0.366 e. The van der Waals surface area contributed by atoms with Crippen LogP contribution < -0.4 is 10.6 Å². The summed E-state index contributed by atoms with van der Waals surface area (Å²) in [6.07, 6.45) is -0.0922. The number of hydrogen-bond acceptors (Lipinski definition) is 4. The van der Waals surface area contributed by atoms with Crippen molar-refractivity contribution in [1.29, 1.82) is 0 Å². The van der Waals surface area contributed by atoms with Crippen LogP contribution in [0.3, 0.4) is 0 Å². The molecule has 6 nitrogen and oxygen atoms in total. The van der Waals surface area contributed by atoms with Crippen LogP contribution in [0.1, 0.15) is 5.56 Å². The fraction of sp³-hybridized carbons (Fsp3) is 0.467. The van der Waals surface area contributed by atoms with Crippen LogP contribution in [-0.2, 0) is 20.7 Å². The molecular formula is C15H21N3O3. The van der Waals surface area contributed by atoms with Crippen LogP contribution in [-0.4, -0.2) is 56.6 Å². The lowest BCUT2D eigenvalue weighted by molar-refractivity contribution is -0.129. The molecule has 114 valence electrons. The highest BCUT2D eigenvalue weighted by atomic mass is 16.5. The number of rotatable bonds is 4. The molecule has 1 aliphatic heterocycles. The van der Waals surface area contributed by atoms with Crippen molar-refractivity contribution in [2.45, 2.75) is 12.5 Å². The molecule has 0 saturated carbocycles. The van der Waals surface area contributed by atoms with E-state index in [0.717, 1.165) is 12.1 Å². The lowest BCUT2D eigenvalue weighted by Gasteiger charge is -2.22. The maximum atomic E-state index is 12.0. The van der Waals surface area contributed by atoms with Gasteiger partial charge in [0.15, 0.2) is 0 Å². The van der Waals surface area contributed by atoms with Gasteiger partial charge < -0.3 is 20.3 Å². The van der Waals surface area contributed by atoms with Crippen LogP contribution in [0.15, 0.2) is 24.3 Å². The molecule has 0 spiro atoms. The fourth-order valence-electron chi connectivity index (χ4n) is 2.00. The fourth-order valence-corrected chi connectivity index (χ4v) is 2.00. The molecule has 1 saturated heterocycles. The van der Waals surface area contributed by atoms with E-state index >= 15 is 0 Å². The van der Waals surface area contributed by atoms with Gasteiger partial charge in [-0.3, -0.25) is 9.59 Å². The van der Waals surface area contributed by atoms with Gasteiger partial charge in [0.05, 0.1) is 13.0 Å². The van der Waals surface area contributed by atoms with E-state index < -0.39 is 6.10 Å². The number of ether oxygens (including phenoxy) is 1. The maximum absolute atomic E-state index is 12.0. The van der Waals surface area contributed by atoms with Crippen molar-refractivity contribution < 1.29 is 14.3 Å². The summed E-state index contributed by atoms with van der Waals surface area (Å²) >= 11 is 0. The number of amides is 2. The Morgan fingerprint density at radius 2 is 2.05 bits per heavy atom. The van der Waals surface area contributed by atoms with E-state index in [9.17, 15) is 9.59 Å². The Bertz CT molecular complexity index is 493. The van der Waals surface area contributed by atoms with Crippen molar-refractivity contribution in [3.05, 3.63) is 29.8 Å². The molecule has 2 rings (SSSR count). The van der Waals surface area contributed by atoms with Crippen LogP contribution in [0.5, 0.6) is 0 Å². The number of nitrogens with zero attached hydrogens (tertiary/aromatic N) is 1. The van der Waals surface area contributed by atoms with Crippen molar-refractivity contribution in [3.8, 4) is 0 Å².